The van der Waals surface area contributed by atoms with Crippen LogP contribution in [0.5, 0.6) is 0 Å². The molecule has 0 spiro atoms. The van der Waals surface area contributed by atoms with Gasteiger partial charge in [-0.1, -0.05) is 13.8 Å². The van der Waals surface area contributed by atoms with Crippen molar-refractivity contribution in [2.75, 3.05) is 31.1 Å². The van der Waals surface area contributed by atoms with Crippen LogP contribution in [0.3, 0.4) is 0 Å². The van der Waals surface area contributed by atoms with Gasteiger partial charge in [0.1, 0.15) is 0 Å². The van der Waals surface area contributed by atoms with E-state index in [4.69, 9.17) is 4.98 Å². The van der Waals surface area contributed by atoms with E-state index in [0.29, 0.717) is 0 Å². The van der Waals surface area contributed by atoms with Crippen molar-refractivity contribution in [1.82, 2.24) is 10.3 Å². The van der Waals surface area contributed by atoms with Crippen molar-refractivity contribution in [2.45, 2.75) is 33.1 Å². The first-order valence-corrected chi connectivity index (χ1v) is 8.00. The van der Waals surface area contributed by atoms with Gasteiger partial charge in [0.05, 0.1) is 5.69 Å². The first kappa shape index (κ1) is 12.4. The molecule has 2 aliphatic rings. The van der Waals surface area contributed by atoms with E-state index < -0.39 is 0 Å². The monoisotopic (exact) mass is 265 g/mol. The smallest absolute Gasteiger partial charge is 0.185 e. The van der Waals surface area contributed by atoms with Crippen LogP contribution in [0.15, 0.2) is 0 Å². The fourth-order valence-corrected chi connectivity index (χ4v) is 4.20. The lowest BCUT2D eigenvalue weighted by molar-refractivity contribution is 0.344. The largest absolute Gasteiger partial charge is 0.346 e. The average molecular weight is 265 g/mol. The molecule has 3 rings (SSSR count). The summed E-state index contributed by atoms with van der Waals surface area (Å²) in [5, 5.41) is 4.67. The molecule has 1 aliphatic carbocycles. The van der Waals surface area contributed by atoms with Crippen molar-refractivity contribution in [3.63, 3.8) is 0 Å². The molecule has 3 nitrogen and oxygen atoms in total. The Balaban J connectivity index is 1.76. The SMILES string of the molecule is CC(C)C1CCc2nc(N3CCNCC3)sc2C1. The summed E-state index contributed by atoms with van der Waals surface area (Å²) in [6.07, 6.45) is 3.78. The van der Waals surface area contributed by atoms with Crippen LogP contribution < -0.4 is 10.2 Å². The second kappa shape index (κ2) is 5.17. The van der Waals surface area contributed by atoms with E-state index in [1.807, 2.05) is 11.3 Å². The van der Waals surface area contributed by atoms with Gasteiger partial charge in [0.25, 0.3) is 0 Å². The zero-order valence-electron chi connectivity index (χ0n) is 11.4. The van der Waals surface area contributed by atoms with Crippen LogP contribution in [-0.4, -0.2) is 31.2 Å². The van der Waals surface area contributed by atoms with Crippen molar-refractivity contribution in [2.24, 2.45) is 11.8 Å². The number of aromatic nitrogens is 1. The molecule has 2 heterocycles. The standard InChI is InChI=1S/C14H23N3S/c1-10(2)11-3-4-12-13(9-11)18-14(16-12)17-7-5-15-6-8-17/h10-11,15H,3-9H2,1-2H3. The van der Waals surface area contributed by atoms with Crippen LogP contribution in [0.25, 0.3) is 0 Å². The number of fused-ring (bicyclic) bond motifs is 1. The maximum atomic E-state index is 4.88. The zero-order valence-corrected chi connectivity index (χ0v) is 12.2. The fourth-order valence-electron chi connectivity index (χ4n) is 2.95. The number of nitrogens with one attached hydrogen (secondary N) is 1. The van der Waals surface area contributed by atoms with Gasteiger partial charge < -0.3 is 10.2 Å². The van der Waals surface area contributed by atoms with Gasteiger partial charge in [-0.3, -0.25) is 0 Å². The van der Waals surface area contributed by atoms with Crippen molar-refractivity contribution in [3.8, 4) is 0 Å². The Kier molecular flexibility index (Phi) is 3.57. The highest BCUT2D eigenvalue weighted by atomic mass is 32.1. The number of anilines is 1. The van der Waals surface area contributed by atoms with Crippen LogP contribution in [0, 0.1) is 11.8 Å². The first-order chi connectivity index (χ1) is 8.74. The highest BCUT2D eigenvalue weighted by Gasteiger charge is 2.26. The van der Waals surface area contributed by atoms with Gasteiger partial charge in [0.2, 0.25) is 0 Å². The summed E-state index contributed by atoms with van der Waals surface area (Å²) in [6, 6.07) is 0. The molecule has 100 valence electrons. The summed E-state index contributed by atoms with van der Waals surface area (Å²) in [4.78, 5) is 8.90. The minimum Gasteiger partial charge on any atom is -0.346 e. The van der Waals surface area contributed by atoms with Gasteiger partial charge >= 0.3 is 0 Å². The number of nitrogens with zero attached hydrogens (tertiary/aromatic N) is 2. The van der Waals surface area contributed by atoms with Crippen LogP contribution in [0.1, 0.15) is 30.8 Å². The van der Waals surface area contributed by atoms with Crippen molar-refractivity contribution >= 4 is 16.5 Å². The molecule has 1 aromatic heterocycles. The van der Waals surface area contributed by atoms with E-state index in [1.54, 1.807) is 4.88 Å². The van der Waals surface area contributed by atoms with Gasteiger partial charge in [-0.2, -0.15) is 0 Å². The Bertz CT molecular complexity index is 407. The van der Waals surface area contributed by atoms with Gasteiger partial charge in [-0.25, -0.2) is 4.98 Å². The van der Waals surface area contributed by atoms with E-state index in [-0.39, 0.29) is 0 Å². The molecule has 0 radical (unpaired) electrons. The van der Waals surface area contributed by atoms with Crippen LogP contribution in [0.2, 0.25) is 0 Å². The Morgan fingerprint density at radius 1 is 1.33 bits per heavy atom. The average Bonchev–Trinajstić information content (AvgIpc) is 2.82. The number of rotatable bonds is 2. The van der Waals surface area contributed by atoms with Gasteiger partial charge in [-0.05, 0) is 31.1 Å². The second-order valence-electron chi connectivity index (χ2n) is 5.85. The van der Waals surface area contributed by atoms with Crippen molar-refractivity contribution in [1.29, 1.82) is 0 Å². The normalized spacial score (nSPS) is 24.4. The number of piperazine rings is 1. The summed E-state index contributed by atoms with van der Waals surface area (Å²) in [6.45, 7) is 9.12. The first-order valence-electron chi connectivity index (χ1n) is 7.18. The third-order valence-electron chi connectivity index (χ3n) is 4.30. The van der Waals surface area contributed by atoms with Gasteiger partial charge in [0, 0.05) is 31.1 Å². The van der Waals surface area contributed by atoms with Crippen LogP contribution >= 0.6 is 11.3 Å². The molecule has 0 aromatic carbocycles. The molecule has 0 amide bonds. The fraction of sp³-hybridized carbons (Fsp3) is 0.786. The molecule has 1 fully saturated rings. The molecule has 0 bridgehead atoms. The third kappa shape index (κ3) is 2.41. The Morgan fingerprint density at radius 2 is 2.11 bits per heavy atom. The number of thiazole rings is 1. The lowest BCUT2D eigenvalue weighted by Crippen LogP contribution is -2.43. The molecule has 1 unspecified atom stereocenters. The van der Waals surface area contributed by atoms with Crippen molar-refractivity contribution in [3.05, 3.63) is 10.6 Å². The maximum absolute atomic E-state index is 4.88. The molecular weight excluding hydrogens is 242 g/mol. The summed E-state index contributed by atoms with van der Waals surface area (Å²) in [5.41, 5.74) is 1.39. The molecule has 4 heteroatoms. The number of hydrogen-bond donors (Lipinski definition) is 1. The summed E-state index contributed by atoms with van der Waals surface area (Å²) >= 11 is 1.95. The summed E-state index contributed by atoms with van der Waals surface area (Å²) < 4.78 is 0. The predicted molar refractivity (Wildman–Crippen MR) is 77.5 cm³/mol. The minimum absolute atomic E-state index is 0.808. The number of hydrogen-bond acceptors (Lipinski definition) is 4. The molecule has 1 aliphatic heterocycles. The maximum Gasteiger partial charge on any atom is 0.185 e. The Morgan fingerprint density at radius 3 is 2.83 bits per heavy atom. The van der Waals surface area contributed by atoms with Crippen LogP contribution in [-0.2, 0) is 12.8 Å². The van der Waals surface area contributed by atoms with E-state index in [1.165, 1.54) is 30.1 Å². The van der Waals surface area contributed by atoms with Gasteiger partial charge in [0.15, 0.2) is 5.13 Å². The summed E-state index contributed by atoms with van der Waals surface area (Å²) in [7, 11) is 0. The Labute approximate surface area is 114 Å². The molecular formula is C14H23N3S. The molecule has 0 saturated carbocycles. The Hall–Kier alpha value is -0.610. The van der Waals surface area contributed by atoms with E-state index in [2.05, 4.69) is 24.1 Å². The van der Waals surface area contributed by atoms with Crippen LogP contribution in [0.4, 0.5) is 5.13 Å². The lowest BCUT2D eigenvalue weighted by atomic mass is 9.83. The molecule has 18 heavy (non-hydrogen) atoms. The third-order valence-corrected chi connectivity index (χ3v) is 5.48. The van der Waals surface area contributed by atoms with Gasteiger partial charge in [-0.15, -0.1) is 11.3 Å². The molecule has 1 atom stereocenters. The number of aryl methyl sites for hydroxylation is 1. The van der Waals surface area contributed by atoms with Crippen molar-refractivity contribution < 1.29 is 0 Å². The summed E-state index contributed by atoms with van der Waals surface area (Å²) in [5.74, 6) is 1.68. The molecule has 1 aromatic rings. The highest BCUT2D eigenvalue weighted by molar-refractivity contribution is 7.15. The molecule has 1 N–H and O–H groups in total. The van der Waals surface area contributed by atoms with E-state index in [9.17, 15) is 0 Å². The zero-order chi connectivity index (χ0) is 12.5. The minimum atomic E-state index is 0.808. The topological polar surface area (TPSA) is 28.2 Å². The highest BCUT2D eigenvalue weighted by Crippen LogP contribution is 2.36. The van der Waals surface area contributed by atoms with E-state index >= 15 is 0 Å². The quantitative estimate of drug-likeness (QED) is 0.889. The second-order valence-corrected chi connectivity index (χ2v) is 6.91. The van der Waals surface area contributed by atoms with E-state index in [0.717, 1.165) is 38.0 Å². The molecule has 1 saturated heterocycles. The lowest BCUT2D eigenvalue weighted by Gasteiger charge is -2.26. The predicted octanol–water partition coefficient (Wildman–Crippen LogP) is 2.31.